The molecule has 0 bridgehead atoms. The summed E-state index contributed by atoms with van der Waals surface area (Å²) in [5.41, 5.74) is 2.61. The fourth-order valence-corrected chi connectivity index (χ4v) is 4.17. The van der Waals surface area contributed by atoms with Crippen LogP contribution in [0.2, 0.25) is 0 Å². The lowest BCUT2D eigenvalue weighted by Gasteiger charge is -2.38. The molecule has 0 aliphatic carbocycles. The highest BCUT2D eigenvalue weighted by atomic mass is 16.5. The van der Waals surface area contributed by atoms with E-state index in [-0.39, 0.29) is 17.6 Å². The molecule has 1 atom stereocenters. The summed E-state index contributed by atoms with van der Waals surface area (Å²) in [6.45, 7) is 4.50. The van der Waals surface area contributed by atoms with Crippen LogP contribution in [-0.4, -0.2) is 64.6 Å². The van der Waals surface area contributed by atoms with Gasteiger partial charge in [0.25, 0.3) is 5.91 Å². The molecule has 9 heteroatoms. The van der Waals surface area contributed by atoms with Crippen LogP contribution in [0.4, 0.5) is 10.5 Å². The molecule has 0 saturated carbocycles. The number of amides is 2. The van der Waals surface area contributed by atoms with Crippen LogP contribution in [0.25, 0.3) is 0 Å². The largest absolute Gasteiger partial charge is 0.465 e. The van der Waals surface area contributed by atoms with E-state index in [4.69, 9.17) is 10.00 Å². The average molecular weight is 486 g/mol. The number of hydrogen-bond donors (Lipinski definition) is 1. The SMILES string of the molecule is C[C@H]1CN(Cc2ccc(N(C)C(=O)c3ccc(Oc4cccc(C#N)c4)cn3)cc2)CCN1C(=O)O. The highest BCUT2D eigenvalue weighted by molar-refractivity contribution is 6.04. The zero-order valence-corrected chi connectivity index (χ0v) is 20.2. The Morgan fingerprint density at radius 3 is 2.56 bits per heavy atom. The number of benzene rings is 2. The fraction of sp³-hybridized carbons (Fsp3) is 0.259. The molecular weight excluding hydrogens is 458 g/mol. The standard InChI is InChI=1S/C27H27N5O4/c1-19-17-31(12-13-32(19)27(34)35)18-20-6-8-22(9-7-20)30(2)26(33)25-11-10-24(16-29-25)36-23-5-3-4-21(14-23)15-28/h3-11,14,16,19H,12-13,17-18H2,1-2H3,(H,34,35)/t19-/m0/s1. The number of rotatable bonds is 6. The van der Waals surface area contributed by atoms with E-state index in [1.807, 2.05) is 31.2 Å². The number of hydrogen-bond acceptors (Lipinski definition) is 6. The Labute approximate surface area is 209 Å². The molecular formula is C27H27N5O4. The summed E-state index contributed by atoms with van der Waals surface area (Å²) in [7, 11) is 1.70. The molecule has 1 N–H and O–H groups in total. The summed E-state index contributed by atoms with van der Waals surface area (Å²) in [4.78, 5) is 33.7. The molecule has 0 radical (unpaired) electrons. The van der Waals surface area contributed by atoms with Crippen LogP contribution in [-0.2, 0) is 6.54 Å². The molecule has 9 nitrogen and oxygen atoms in total. The number of piperazine rings is 1. The van der Waals surface area contributed by atoms with E-state index in [2.05, 4.69) is 16.0 Å². The summed E-state index contributed by atoms with van der Waals surface area (Å²) >= 11 is 0. The Morgan fingerprint density at radius 1 is 1.14 bits per heavy atom. The smallest absolute Gasteiger partial charge is 0.407 e. The molecule has 0 unspecified atom stereocenters. The first-order valence-corrected chi connectivity index (χ1v) is 11.6. The quantitative estimate of drug-likeness (QED) is 0.557. The van der Waals surface area contributed by atoms with Gasteiger partial charge in [-0.25, -0.2) is 9.78 Å². The van der Waals surface area contributed by atoms with Crippen LogP contribution in [0.3, 0.4) is 0 Å². The zero-order chi connectivity index (χ0) is 25.7. The van der Waals surface area contributed by atoms with Crippen molar-refractivity contribution in [3.8, 4) is 17.6 Å². The molecule has 1 saturated heterocycles. The summed E-state index contributed by atoms with van der Waals surface area (Å²) in [5, 5.41) is 18.3. The monoisotopic (exact) mass is 485 g/mol. The van der Waals surface area contributed by atoms with E-state index in [9.17, 15) is 14.7 Å². The van der Waals surface area contributed by atoms with Crippen LogP contribution in [0, 0.1) is 11.3 Å². The lowest BCUT2D eigenvalue weighted by atomic mass is 10.1. The lowest BCUT2D eigenvalue weighted by molar-refractivity contribution is 0.0711. The topological polar surface area (TPSA) is 110 Å². The minimum absolute atomic E-state index is 0.0497. The predicted octanol–water partition coefficient (Wildman–Crippen LogP) is 4.21. The number of anilines is 1. The van der Waals surface area contributed by atoms with Crippen molar-refractivity contribution in [2.24, 2.45) is 0 Å². The molecule has 2 amide bonds. The molecule has 184 valence electrons. The number of carbonyl (C=O) groups excluding carboxylic acids is 1. The Bertz CT molecular complexity index is 1270. The molecule has 1 fully saturated rings. The Balaban J connectivity index is 1.35. The highest BCUT2D eigenvalue weighted by Crippen LogP contribution is 2.23. The number of carbonyl (C=O) groups is 2. The van der Waals surface area contributed by atoms with Gasteiger partial charge in [-0.3, -0.25) is 9.69 Å². The zero-order valence-electron chi connectivity index (χ0n) is 20.2. The van der Waals surface area contributed by atoms with Crippen molar-refractivity contribution in [3.63, 3.8) is 0 Å². The van der Waals surface area contributed by atoms with Crippen molar-refractivity contribution >= 4 is 17.7 Å². The summed E-state index contributed by atoms with van der Waals surface area (Å²) in [6.07, 6.45) is 0.607. The van der Waals surface area contributed by atoms with Gasteiger partial charge in [-0.15, -0.1) is 0 Å². The van der Waals surface area contributed by atoms with Crippen LogP contribution >= 0.6 is 0 Å². The van der Waals surface area contributed by atoms with Gasteiger partial charge in [0.15, 0.2) is 0 Å². The molecule has 4 rings (SSSR count). The summed E-state index contributed by atoms with van der Waals surface area (Å²) < 4.78 is 5.73. The van der Waals surface area contributed by atoms with Crippen molar-refractivity contribution in [3.05, 3.63) is 83.7 Å². The number of aromatic nitrogens is 1. The third-order valence-electron chi connectivity index (χ3n) is 6.15. The van der Waals surface area contributed by atoms with Gasteiger partial charge < -0.3 is 19.6 Å². The van der Waals surface area contributed by atoms with E-state index in [1.54, 1.807) is 43.4 Å². The number of nitrogens with zero attached hydrogens (tertiary/aromatic N) is 5. The number of pyridine rings is 1. The number of carboxylic acid groups (broad SMARTS) is 1. The van der Waals surface area contributed by atoms with Gasteiger partial charge in [0.2, 0.25) is 0 Å². The third kappa shape index (κ3) is 5.79. The molecule has 2 aromatic carbocycles. The van der Waals surface area contributed by atoms with Crippen molar-refractivity contribution in [2.75, 3.05) is 31.6 Å². The van der Waals surface area contributed by atoms with E-state index in [1.165, 1.54) is 16.0 Å². The minimum Gasteiger partial charge on any atom is -0.465 e. The fourth-order valence-electron chi connectivity index (χ4n) is 4.17. The van der Waals surface area contributed by atoms with Crippen molar-refractivity contribution < 1.29 is 19.4 Å². The van der Waals surface area contributed by atoms with Crippen LogP contribution in [0.15, 0.2) is 66.9 Å². The summed E-state index contributed by atoms with van der Waals surface area (Å²) in [5.74, 6) is 0.733. The van der Waals surface area contributed by atoms with Crippen molar-refractivity contribution in [1.29, 1.82) is 5.26 Å². The van der Waals surface area contributed by atoms with Gasteiger partial charge in [-0.1, -0.05) is 18.2 Å². The van der Waals surface area contributed by atoms with Crippen molar-refractivity contribution in [1.82, 2.24) is 14.8 Å². The lowest BCUT2D eigenvalue weighted by Crippen LogP contribution is -2.53. The molecule has 1 aliphatic heterocycles. The molecule has 1 aromatic heterocycles. The van der Waals surface area contributed by atoms with Crippen LogP contribution in [0.5, 0.6) is 11.5 Å². The first-order valence-electron chi connectivity index (χ1n) is 11.6. The third-order valence-corrected chi connectivity index (χ3v) is 6.15. The van der Waals surface area contributed by atoms with E-state index < -0.39 is 6.09 Å². The maximum Gasteiger partial charge on any atom is 0.407 e. The molecule has 1 aliphatic rings. The predicted molar refractivity (Wildman–Crippen MR) is 134 cm³/mol. The molecule has 3 aromatic rings. The van der Waals surface area contributed by atoms with E-state index in [0.29, 0.717) is 36.7 Å². The van der Waals surface area contributed by atoms with Gasteiger partial charge >= 0.3 is 6.09 Å². The Morgan fingerprint density at radius 2 is 1.92 bits per heavy atom. The summed E-state index contributed by atoms with van der Waals surface area (Å²) in [6, 6.07) is 19.8. The van der Waals surface area contributed by atoms with E-state index >= 15 is 0 Å². The minimum atomic E-state index is -0.874. The van der Waals surface area contributed by atoms with Gasteiger partial charge in [0.1, 0.15) is 17.2 Å². The van der Waals surface area contributed by atoms with Crippen LogP contribution < -0.4 is 9.64 Å². The molecule has 0 spiro atoms. The van der Waals surface area contributed by atoms with Gasteiger partial charge in [0, 0.05) is 45.0 Å². The van der Waals surface area contributed by atoms with Gasteiger partial charge in [-0.2, -0.15) is 5.26 Å². The molecule has 2 heterocycles. The number of nitriles is 1. The second-order valence-electron chi connectivity index (χ2n) is 8.71. The number of ether oxygens (including phenoxy) is 1. The second-order valence-corrected chi connectivity index (χ2v) is 8.71. The maximum absolute atomic E-state index is 12.9. The average Bonchev–Trinajstić information content (AvgIpc) is 2.89. The highest BCUT2D eigenvalue weighted by Gasteiger charge is 2.27. The first kappa shape index (κ1) is 24.7. The van der Waals surface area contributed by atoms with Gasteiger partial charge in [0.05, 0.1) is 17.8 Å². The second kappa shape index (κ2) is 10.9. The first-order chi connectivity index (χ1) is 17.3. The Hall–Kier alpha value is -4.42. The molecule has 36 heavy (non-hydrogen) atoms. The van der Waals surface area contributed by atoms with Gasteiger partial charge in [-0.05, 0) is 55.0 Å². The normalized spacial score (nSPS) is 15.7. The Kier molecular flexibility index (Phi) is 7.47. The van der Waals surface area contributed by atoms with Crippen molar-refractivity contribution in [2.45, 2.75) is 19.5 Å². The van der Waals surface area contributed by atoms with E-state index in [0.717, 1.165) is 17.8 Å². The maximum atomic E-state index is 12.9. The van der Waals surface area contributed by atoms with Crippen LogP contribution in [0.1, 0.15) is 28.5 Å².